The van der Waals surface area contributed by atoms with Gasteiger partial charge in [-0.15, -0.1) is 11.3 Å². The second-order valence-corrected chi connectivity index (χ2v) is 3.98. The van der Waals surface area contributed by atoms with E-state index in [2.05, 4.69) is 0 Å². The topological polar surface area (TPSA) is 46.2 Å². The maximum Gasteiger partial charge on any atom is 0.423 e. The van der Waals surface area contributed by atoms with Crippen LogP contribution in [0.5, 0.6) is 0 Å². The number of alkyl halides is 3. The second kappa shape index (κ2) is 3.69. The number of halogens is 4. The third kappa shape index (κ3) is 1.75. The first-order chi connectivity index (χ1) is 6.33. The highest BCUT2D eigenvalue weighted by molar-refractivity contribution is 7.10. The zero-order valence-corrected chi connectivity index (χ0v) is 8.38. The van der Waals surface area contributed by atoms with Crippen molar-refractivity contribution in [3.63, 3.8) is 0 Å². The summed E-state index contributed by atoms with van der Waals surface area (Å²) < 4.78 is 37.4. The molecule has 0 aromatic carbocycles. The average Bonchev–Trinajstić information content (AvgIpc) is 2.48. The van der Waals surface area contributed by atoms with Gasteiger partial charge in [-0.05, 0) is 11.4 Å². The molecule has 0 saturated carbocycles. The largest absolute Gasteiger partial charge is 0.423 e. The smallest absolute Gasteiger partial charge is 0.375 e. The minimum absolute atomic E-state index is 0.125. The fourth-order valence-electron chi connectivity index (χ4n) is 0.926. The SMILES string of the molecule is NCC(O)(c1sccc1Cl)C(F)(F)F. The molecule has 0 bridgehead atoms. The van der Waals surface area contributed by atoms with Gasteiger partial charge in [0, 0.05) is 6.54 Å². The van der Waals surface area contributed by atoms with E-state index < -0.39 is 18.3 Å². The highest BCUT2D eigenvalue weighted by Gasteiger charge is 2.55. The first kappa shape index (κ1) is 11.8. The Morgan fingerprint density at radius 3 is 2.36 bits per heavy atom. The fourth-order valence-corrected chi connectivity index (χ4v) is 2.27. The second-order valence-electron chi connectivity index (χ2n) is 2.66. The Kier molecular flexibility index (Phi) is 3.10. The number of aliphatic hydroxyl groups is 1. The molecule has 1 aromatic rings. The van der Waals surface area contributed by atoms with E-state index in [1.807, 2.05) is 0 Å². The van der Waals surface area contributed by atoms with Crippen molar-refractivity contribution >= 4 is 22.9 Å². The summed E-state index contributed by atoms with van der Waals surface area (Å²) in [5.41, 5.74) is 1.89. The molecule has 0 spiro atoms. The summed E-state index contributed by atoms with van der Waals surface area (Å²) in [6, 6.07) is 1.29. The van der Waals surface area contributed by atoms with Crippen LogP contribution in [0.2, 0.25) is 5.02 Å². The minimum Gasteiger partial charge on any atom is -0.375 e. The van der Waals surface area contributed by atoms with Gasteiger partial charge in [0.25, 0.3) is 0 Å². The Balaban J connectivity index is 3.22. The highest BCUT2D eigenvalue weighted by atomic mass is 35.5. The molecule has 1 atom stereocenters. The summed E-state index contributed by atoms with van der Waals surface area (Å²) in [5.74, 6) is 0. The molecule has 0 aliphatic heterocycles. The van der Waals surface area contributed by atoms with Crippen molar-refractivity contribution in [3.8, 4) is 0 Å². The van der Waals surface area contributed by atoms with E-state index in [9.17, 15) is 18.3 Å². The van der Waals surface area contributed by atoms with Crippen molar-refractivity contribution in [2.24, 2.45) is 5.73 Å². The molecule has 1 unspecified atom stereocenters. The first-order valence-corrected chi connectivity index (χ1v) is 4.81. The number of nitrogens with two attached hydrogens (primary N) is 1. The monoisotopic (exact) mass is 245 g/mol. The first-order valence-electron chi connectivity index (χ1n) is 3.55. The molecular formula is C7H7ClF3NOS. The molecule has 1 heterocycles. The zero-order chi connectivity index (χ0) is 11.0. The summed E-state index contributed by atoms with van der Waals surface area (Å²) in [4.78, 5) is -0.367. The van der Waals surface area contributed by atoms with Crippen LogP contribution in [0.3, 0.4) is 0 Å². The van der Waals surface area contributed by atoms with Crippen LogP contribution in [0.1, 0.15) is 4.88 Å². The lowest BCUT2D eigenvalue weighted by Gasteiger charge is -2.28. The van der Waals surface area contributed by atoms with Gasteiger partial charge in [-0.1, -0.05) is 11.6 Å². The quantitative estimate of drug-likeness (QED) is 0.838. The van der Waals surface area contributed by atoms with Crippen LogP contribution in [0, 0.1) is 0 Å². The van der Waals surface area contributed by atoms with Gasteiger partial charge in [-0.3, -0.25) is 0 Å². The van der Waals surface area contributed by atoms with E-state index in [1.54, 1.807) is 0 Å². The van der Waals surface area contributed by atoms with Crippen LogP contribution in [0.4, 0.5) is 13.2 Å². The van der Waals surface area contributed by atoms with Crippen LogP contribution in [0.15, 0.2) is 11.4 Å². The third-order valence-electron chi connectivity index (χ3n) is 1.76. The number of hydrogen-bond donors (Lipinski definition) is 2. The maximum atomic E-state index is 12.5. The molecule has 0 aliphatic carbocycles. The molecule has 3 N–H and O–H groups in total. The lowest BCUT2D eigenvalue weighted by molar-refractivity contribution is -0.260. The van der Waals surface area contributed by atoms with Crippen LogP contribution >= 0.6 is 22.9 Å². The van der Waals surface area contributed by atoms with E-state index in [0.29, 0.717) is 0 Å². The van der Waals surface area contributed by atoms with Crippen molar-refractivity contribution in [2.45, 2.75) is 11.8 Å². The molecular weight excluding hydrogens is 239 g/mol. The molecule has 0 fully saturated rings. The number of thiophene rings is 1. The van der Waals surface area contributed by atoms with E-state index in [1.165, 1.54) is 11.4 Å². The van der Waals surface area contributed by atoms with Gasteiger partial charge < -0.3 is 10.8 Å². The molecule has 1 rings (SSSR count). The fraction of sp³-hybridized carbons (Fsp3) is 0.429. The number of rotatable bonds is 2. The summed E-state index contributed by atoms with van der Waals surface area (Å²) in [7, 11) is 0. The van der Waals surface area contributed by atoms with Crippen LogP contribution in [-0.4, -0.2) is 17.8 Å². The molecule has 0 saturated heterocycles. The standard InChI is InChI=1S/C7H7ClF3NOS/c8-4-1-2-14-5(4)6(13,3-12)7(9,10)11/h1-2,13H,3,12H2. The van der Waals surface area contributed by atoms with E-state index >= 15 is 0 Å². The van der Waals surface area contributed by atoms with Crippen LogP contribution in [0.25, 0.3) is 0 Å². The molecule has 0 amide bonds. The van der Waals surface area contributed by atoms with E-state index in [0.717, 1.165) is 11.3 Å². The average molecular weight is 246 g/mol. The molecule has 1 aromatic heterocycles. The Labute approximate surface area is 87.1 Å². The molecule has 2 nitrogen and oxygen atoms in total. The predicted octanol–water partition coefficient (Wildman–Crippen LogP) is 2.11. The summed E-state index contributed by atoms with van der Waals surface area (Å²) >= 11 is 6.23. The molecule has 0 radical (unpaired) electrons. The minimum atomic E-state index is -4.82. The lowest BCUT2D eigenvalue weighted by atomic mass is 10.0. The Morgan fingerprint density at radius 1 is 1.50 bits per heavy atom. The zero-order valence-electron chi connectivity index (χ0n) is 6.81. The van der Waals surface area contributed by atoms with Crippen molar-refractivity contribution in [3.05, 3.63) is 21.3 Å². The Morgan fingerprint density at radius 2 is 2.07 bits per heavy atom. The highest BCUT2D eigenvalue weighted by Crippen LogP contribution is 2.43. The van der Waals surface area contributed by atoms with Gasteiger partial charge in [0.05, 0.1) is 9.90 Å². The predicted molar refractivity (Wildman–Crippen MR) is 48.3 cm³/mol. The van der Waals surface area contributed by atoms with Gasteiger partial charge in [0.1, 0.15) is 0 Å². The lowest BCUT2D eigenvalue weighted by Crippen LogP contribution is -2.47. The molecule has 14 heavy (non-hydrogen) atoms. The van der Waals surface area contributed by atoms with Crippen molar-refractivity contribution in [1.82, 2.24) is 0 Å². The molecule has 7 heteroatoms. The maximum absolute atomic E-state index is 12.5. The van der Waals surface area contributed by atoms with Crippen molar-refractivity contribution < 1.29 is 18.3 Å². The van der Waals surface area contributed by atoms with Gasteiger partial charge in [-0.2, -0.15) is 13.2 Å². The molecule has 0 aliphatic rings. The van der Waals surface area contributed by atoms with Crippen LogP contribution < -0.4 is 5.73 Å². The van der Waals surface area contributed by atoms with Gasteiger partial charge in [-0.25, -0.2) is 0 Å². The third-order valence-corrected chi connectivity index (χ3v) is 3.25. The van der Waals surface area contributed by atoms with Gasteiger partial charge in [0.2, 0.25) is 5.60 Å². The van der Waals surface area contributed by atoms with Gasteiger partial charge in [0.15, 0.2) is 0 Å². The summed E-state index contributed by atoms with van der Waals surface area (Å²) in [6.07, 6.45) is -4.82. The Bertz CT molecular complexity index is 327. The van der Waals surface area contributed by atoms with E-state index in [4.69, 9.17) is 17.3 Å². The molecule has 80 valence electrons. The van der Waals surface area contributed by atoms with Gasteiger partial charge >= 0.3 is 6.18 Å². The van der Waals surface area contributed by atoms with Crippen LogP contribution in [-0.2, 0) is 5.60 Å². The van der Waals surface area contributed by atoms with E-state index in [-0.39, 0.29) is 9.90 Å². The Hall–Kier alpha value is -0.300. The number of hydrogen-bond acceptors (Lipinski definition) is 3. The summed E-state index contributed by atoms with van der Waals surface area (Å²) in [5, 5.41) is 10.6. The normalized spacial score (nSPS) is 16.7. The van der Waals surface area contributed by atoms with Crippen molar-refractivity contribution in [2.75, 3.05) is 6.54 Å². The summed E-state index contributed by atoms with van der Waals surface area (Å²) in [6.45, 7) is -0.948. The van der Waals surface area contributed by atoms with Crippen molar-refractivity contribution in [1.29, 1.82) is 0 Å².